The molecule has 1 nitrogen and oxygen atoms in total. The van der Waals surface area contributed by atoms with E-state index in [4.69, 9.17) is 0 Å². The van der Waals surface area contributed by atoms with Crippen LogP contribution >= 0.6 is 0 Å². The van der Waals surface area contributed by atoms with Crippen molar-refractivity contribution in [1.82, 2.24) is 0 Å². The summed E-state index contributed by atoms with van der Waals surface area (Å²) in [6.45, 7) is 2.54. The minimum absolute atomic E-state index is 0.163. The molecule has 0 aromatic heterocycles. The minimum Gasteiger partial charge on any atom is -0.381 e. The van der Waals surface area contributed by atoms with Crippen LogP contribution in [0.3, 0.4) is 0 Å². The molecule has 0 radical (unpaired) electrons. The highest BCUT2D eigenvalue weighted by atomic mass is 19.1. The van der Waals surface area contributed by atoms with Crippen molar-refractivity contribution in [2.75, 3.05) is 5.32 Å². The summed E-state index contributed by atoms with van der Waals surface area (Å²) in [5, 5.41) is 3.23. The van der Waals surface area contributed by atoms with E-state index in [9.17, 15) is 4.39 Å². The van der Waals surface area contributed by atoms with E-state index in [0.29, 0.717) is 12.1 Å². The number of hydrogen-bond donors (Lipinski definition) is 1. The number of nitrogens with one attached hydrogen (secondary N) is 1. The summed E-state index contributed by atoms with van der Waals surface area (Å²) in [7, 11) is 0. The number of aryl methyl sites for hydroxylation is 1. The molecule has 1 N–H and O–H groups in total. The van der Waals surface area contributed by atoms with Crippen LogP contribution in [0.2, 0.25) is 0 Å². The fourth-order valence-corrected chi connectivity index (χ4v) is 1.60. The summed E-state index contributed by atoms with van der Waals surface area (Å²) < 4.78 is 13.4. The normalized spacial score (nSPS) is 10.1. The molecule has 0 fully saturated rings. The number of benzene rings is 2. The fraction of sp³-hybridized carbons (Fsp3) is 0.143. The van der Waals surface area contributed by atoms with Crippen LogP contribution in [0.4, 0.5) is 10.1 Å². The highest BCUT2D eigenvalue weighted by Gasteiger charge is 2.01. The van der Waals surface area contributed by atoms with Gasteiger partial charge in [0.25, 0.3) is 0 Å². The van der Waals surface area contributed by atoms with Crippen molar-refractivity contribution in [1.29, 1.82) is 0 Å². The van der Waals surface area contributed by atoms with Crippen LogP contribution in [-0.4, -0.2) is 0 Å². The van der Waals surface area contributed by atoms with Gasteiger partial charge in [-0.25, -0.2) is 4.39 Å². The predicted molar refractivity (Wildman–Crippen MR) is 64.9 cm³/mol. The Labute approximate surface area is 94.9 Å². The average molecular weight is 215 g/mol. The van der Waals surface area contributed by atoms with E-state index in [1.807, 2.05) is 37.3 Å². The van der Waals surface area contributed by atoms with Crippen LogP contribution in [0.25, 0.3) is 0 Å². The molecule has 0 saturated heterocycles. The van der Waals surface area contributed by atoms with Gasteiger partial charge in [-0.15, -0.1) is 0 Å². The van der Waals surface area contributed by atoms with Gasteiger partial charge in [0.2, 0.25) is 0 Å². The van der Waals surface area contributed by atoms with Crippen molar-refractivity contribution in [2.45, 2.75) is 13.5 Å². The Morgan fingerprint density at radius 3 is 2.44 bits per heavy atom. The molecule has 2 aromatic carbocycles. The summed E-state index contributed by atoms with van der Waals surface area (Å²) in [6, 6.07) is 14.8. The second kappa shape index (κ2) is 4.79. The van der Waals surface area contributed by atoms with Crippen LogP contribution in [0.15, 0.2) is 48.5 Å². The van der Waals surface area contributed by atoms with Crippen LogP contribution in [0.1, 0.15) is 11.1 Å². The first kappa shape index (κ1) is 10.7. The maximum Gasteiger partial charge on any atom is 0.128 e. The van der Waals surface area contributed by atoms with Gasteiger partial charge in [0, 0.05) is 17.8 Å². The molecule has 16 heavy (non-hydrogen) atoms. The van der Waals surface area contributed by atoms with E-state index in [2.05, 4.69) is 5.32 Å². The highest BCUT2D eigenvalue weighted by molar-refractivity contribution is 5.50. The number of halogens is 1. The lowest BCUT2D eigenvalue weighted by atomic mass is 10.1. The third kappa shape index (κ3) is 2.40. The van der Waals surface area contributed by atoms with E-state index >= 15 is 0 Å². The maximum absolute atomic E-state index is 13.4. The largest absolute Gasteiger partial charge is 0.381 e. The molecule has 0 amide bonds. The fourth-order valence-electron chi connectivity index (χ4n) is 1.60. The monoisotopic (exact) mass is 215 g/mol. The molecule has 0 spiro atoms. The quantitative estimate of drug-likeness (QED) is 0.822. The van der Waals surface area contributed by atoms with E-state index in [-0.39, 0.29) is 5.82 Å². The molecule has 2 aromatic rings. The van der Waals surface area contributed by atoms with Crippen molar-refractivity contribution in [3.05, 3.63) is 65.5 Å². The zero-order valence-electron chi connectivity index (χ0n) is 9.20. The van der Waals surface area contributed by atoms with Gasteiger partial charge < -0.3 is 5.32 Å². The second-order valence-corrected chi connectivity index (χ2v) is 3.76. The van der Waals surface area contributed by atoms with Crippen molar-refractivity contribution in [3.63, 3.8) is 0 Å². The first-order valence-corrected chi connectivity index (χ1v) is 5.30. The zero-order chi connectivity index (χ0) is 11.4. The summed E-state index contributed by atoms with van der Waals surface area (Å²) in [6.07, 6.45) is 0. The molecule has 0 aliphatic rings. The summed E-state index contributed by atoms with van der Waals surface area (Å²) >= 11 is 0. The molecule has 82 valence electrons. The Hall–Kier alpha value is -1.83. The van der Waals surface area contributed by atoms with Gasteiger partial charge in [0.1, 0.15) is 5.82 Å². The zero-order valence-corrected chi connectivity index (χ0v) is 9.20. The molecule has 0 unspecified atom stereocenters. The Balaban J connectivity index is 2.09. The lowest BCUT2D eigenvalue weighted by Gasteiger charge is -2.09. The van der Waals surface area contributed by atoms with E-state index in [0.717, 1.165) is 5.69 Å². The van der Waals surface area contributed by atoms with Gasteiger partial charge >= 0.3 is 0 Å². The van der Waals surface area contributed by atoms with Gasteiger partial charge in [-0.1, -0.05) is 36.4 Å². The Morgan fingerprint density at radius 1 is 1.00 bits per heavy atom. The van der Waals surface area contributed by atoms with Crippen LogP contribution < -0.4 is 5.32 Å². The predicted octanol–water partition coefficient (Wildman–Crippen LogP) is 3.75. The lowest BCUT2D eigenvalue weighted by molar-refractivity contribution is 0.613. The Kier molecular flexibility index (Phi) is 3.20. The summed E-state index contributed by atoms with van der Waals surface area (Å²) in [4.78, 5) is 0. The van der Waals surface area contributed by atoms with Gasteiger partial charge in [-0.2, -0.15) is 0 Å². The minimum atomic E-state index is -0.163. The van der Waals surface area contributed by atoms with E-state index < -0.39 is 0 Å². The highest BCUT2D eigenvalue weighted by Crippen LogP contribution is 2.15. The van der Waals surface area contributed by atoms with Gasteiger partial charge in [-0.3, -0.25) is 0 Å². The molecule has 2 heteroatoms. The Morgan fingerprint density at radius 2 is 1.69 bits per heavy atom. The number of rotatable bonds is 3. The van der Waals surface area contributed by atoms with Crippen LogP contribution in [0, 0.1) is 12.7 Å². The van der Waals surface area contributed by atoms with E-state index in [1.54, 1.807) is 12.1 Å². The third-order valence-electron chi connectivity index (χ3n) is 2.57. The summed E-state index contributed by atoms with van der Waals surface area (Å²) in [5.41, 5.74) is 2.90. The molecule has 0 saturated carbocycles. The van der Waals surface area contributed by atoms with Gasteiger partial charge in [-0.05, 0) is 24.6 Å². The molecule has 0 aliphatic carbocycles. The second-order valence-electron chi connectivity index (χ2n) is 3.76. The molecular formula is C14H14FN. The topological polar surface area (TPSA) is 12.0 Å². The van der Waals surface area contributed by atoms with Crippen LogP contribution in [-0.2, 0) is 6.54 Å². The van der Waals surface area contributed by atoms with E-state index in [1.165, 1.54) is 11.6 Å². The molecular weight excluding hydrogens is 201 g/mol. The third-order valence-corrected chi connectivity index (χ3v) is 2.57. The first-order valence-electron chi connectivity index (χ1n) is 5.30. The summed E-state index contributed by atoms with van der Waals surface area (Å²) in [5.74, 6) is -0.163. The molecule has 0 heterocycles. The smallest absolute Gasteiger partial charge is 0.128 e. The maximum atomic E-state index is 13.4. The van der Waals surface area contributed by atoms with Crippen molar-refractivity contribution >= 4 is 5.69 Å². The Bertz CT molecular complexity index is 434. The molecule has 0 atom stereocenters. The first-order chi connectivity index (χ1) is 7.77. The SMILES string of the molecule is Cc1ccccc1NCc1ccccc1F. The average Bonchev–Trinajstić information content (AvgIpc) is 2.30. The van der Waals surface area contributed by atoms with Crippen molar-refractivity contribution in [3.8, 4) is 0 Å². The molecule has 2 rings (SSSR count). The van der Waals surface area contributed by atoms with Crippen LogP contribution in [0.5, 0.6) is 0 Å². The van der Waals surface area contributed by atoms with Crippen molar-refractivity contribution < 1.29 is 4.39 Å². The molecule has 0 bridgehead atoms. The van der Waals surface area contributed by atoms with Gasteiger partial charge in [0.15, 0.2) is 0 Å². The standard InChI is InChI=1S/C14H14FN/c1-11-6-2-5-9-14(11)16-10-12-7-3-4-8-13(12)15/h2-9,16H,10H2,1H3. The number of anilines is 1. The van der Waals surface area contributed by atoms with Crippen molar-refractivity contribution in [2.24, 2.45) is 0 Å². The lowest BCUT2D eigenvalue weighted by Crippen LogP contribution is -2.02. The molecule has 0 aliphatic heterocycles. The number of hydrogen-bond acceptors (Lipinski definition) is 1. The van der Waals surface area contributed by atoms with Gasteiger partial charge in [0.05, 0.1) is 0 Å². The number of para-hydroxylation sites is 1.